The number of carbonyl (C=O) groups excluding carboxylic acids is 3. The molecule has 0 aromatic heterocycles. The zero-order valence-corrected chi connectivity index (χ0v) is 14.4. The third kappa shape index (κ3) is 6.12. The average molecular weight is 384 g/mol. The van der Waals surface area contributed by atoms with Crippen molar-refractivity contribution in [3.05, 3.63) is 41.5 Å². The van der Waals surface area contributed by atoms with Gasteiger partial charge in [-0.1, -0.05) is 12.1 Å². The van der Waals surface area contributed by atoms with E-state index >= 15 is 0 Å². The monoisotopic (exact) mass is 384 g/mol. The standard InChI is InChI=1S/C18H19F3N2O4/c19-18(20,21)14-5-1-3-12(9-14)6-7-16(25)27-11-15(24)23-8-2-4-13(10-23)17(22)26/h1,3,5-7,9,13H,2,4,8,10-11H2,(H2,22,26)/b7-6+/t13-/m1/s1. The predicted octanol–water partition coefficient (Wildman–Crippen LogP) is 1.99. The quantitative estimate of drug-likeness (QED) is 0.621. The van der Waals surface area contributed by atoms with Crippen LogP contribution < -0.4 is 5.73 Å². The lowest BCUT2D eigenvalue weighted by molar-refractivity contribution is -0.149. The van der Waals surface area contributed by atoms with Gasteiger partial charge in [-0.25, -0.2) is 4.79 Å². The molecule has 1 fully saturated rings. The number of piperidine rings is 1. The topological polar surface area (TPSA) is 89.7 Å². The van der Waals surface area contributed by atoms with Gasteiger partial charge in [0.15, 0.2) is 6.61 Å². The van der Waals surface area contributed by atoms with Crippen molar-refractivity contribution in [3.63, 3.8) is 0 Å². The number of amides is 2. The Hall–Kier alpha value is -2.84. The lowest BCUT2D eigenvalue weighted by Gasteiger charge is -2.30. The summed E-state index contributed by atoms with van der Waals surface area (Å²) in [5.74, 6) is -2.21. The van der Waals surface area contributed by atoms with Gasteiger partial charge in [0, 0.05) is 19.2 Å². The Bertz CT molecular complexity index is 746. The first kappa shape index (κ1) is 20.5. The molecule has 6 nitrogen and oxygen atoms in total. The molecule has 0 unspecified atom stereocenters. The number of hydrogen-bond donors (Lipinski definition) is 1. The van der Waals surface area contributed by atoms with Crippen molar-refractivity contribution >= 4 is 23.9 Å². The second kappa shape index (κ2) is 8.70. The van der Waals surface area contributed by atoms with E-state index in [9.17, 15) is 27.6 Å². The van der Waals surface area contributed by atoms with Gasteiger partial charge < -0.3 is 15.4 Å². The fraction of sp³-hybridized carbons (Fsp3) is 0.389. The Morgan fingerprint density at radius 3 is 2.70 bits per heavy atom. The van der Waals surface area contributed by atoms with E-state index in [1.54, 1.807) is 0 Å². The number of primary amides is 1. The SMILES string of the molecule is NC(=O)[C@@H]1CCCN(C(=O)COC(=O)/C=C/c2cccc(C(F)(F)F)c2)C1. The number of nitrogens with two attached hydrogens (primary N) is 1. The number of rotatable bonds is 5. The number of alkyl halides is 3. The highest BCUT2D eigenvalue weighted by atomic mass is 19.4. The maximum Gasteiger partial charge on any atom is 0.416 e. The van der Waals surface area contributed by atoms with Crippen molar-refractivity contribution in [2.24, 2.45) is 11.7 Å². The van der Waals surface area contributed by atoms with Gasteiger partial charge in [-0.2, -0.15) is 13.2 Å². The van der Waals surface area contributed by atoms with Gasteiger partial charge in [0.25, 0.3) is 5.91 Å². The molecule has 0 bridgehead atoms. The van der Waals surface area contributed by atoms with Gasteiger partial charge in [-0.15, -0.1) is 0 Å². The summed E-state index contributed by atoms with van der Waals surface area (Å²) in [6.07, 6.45) is -1.12. The Morgan fingerprint density at radius 2 is 2.04 bits per heavy atom. The van der Waals surface area contributed by atoms with Crippen LogP contribution in [0.4, 0.5) is 13.2 Å². The molecule has 1 aromatic carbocycles. The molecule has 27 heavy (non-hydrogen) atoms. The van der Waals surface area contributed by atoms with Crippen LogP contribution >= 0.6 is 0 Å². The molecule has 0 radical (unpaired) electrons. The summed E-state index contributed by atoms with van der Waals surface area (Å²) >= 11 is 0. The van der Waals surface area contributed by atoms with Gasteiger partial charge in [0.05, 0.1) is 11.5 Å². The lowest BCUT2D eigenvalue weighted by atomic mass is 9.97. The molecular weight excluding hydrogens is 365 g/mol. The van der Waals surface area contributed by atoms with Crippen LogP contribution in [-0.2, 0) is 25.3 Å². The van der Waals surface area contributed by atoms with Crippen LogP contribution in [0.3, 0.4) is 0 Å². The first-order valence-electron chi connectivity index (χ1n) is 8.26. The van der Waals surface area contributed by atoms with Crippen LogP contribution in [0.1, 0.15) is 24.0 Å². The van der Waals surface area contributed by atoms with E-state index in [1.807, 2.05) is 0 Å². The summed E-state index contributed by atoms with van der Waals surface area (Å²) in [6, 6.07) is 4.45. The Kier molecular flexibility index (Phi) is 6.59. The normalized spacial score (nSPS) is 17.7. The van der Waals surface area contributed by atoms with Crippen molar-refractivity contribution in [1.82, 2.24) is 4.90 Å². The Morgan fingerprint density at radius 1 is 1.30 bits per heavy atom. The molecule has 1 aliphatic rings. The fourth-order valence-corrected chi connectivity index (χ4v) is 2.69. The third-order valence-electron chi connectivity index (χ3n) is 4.14. The summed E-state index contributed by atoms with van der Waals surface area (Å²) in [7, 11) is 0. The summed E-state index contributed by atoms with van der Waals surface area (Å²) in [5.41, 5.74) is 4.59. The highest BCUT2D eigenvalue weighted by Gasteiger charge is 2.30. The smallest absolute Gasteiger partial charge is 0.416 e. The van der Waals surface area contributed by atoms with Gasteiger partial charge >= 0.3 is 12.1 Å². The van der Waals surface area contributed by atoms with Crippen LogP contribution in [0.25, 0.3) is 6.08 Å². The maximum absolute atomic E-state index is 12.6. The summed E-state index contributed by atoms with van der Waals surface area (Å²) in [6.45, 7) is 0.114. The summed E-state index contributed by atoms with van der Waals surface area (Å²) < 4.78 is 42.7. The van der Waals surface area contributed by atoms with Crippen LogP contribution in [0, 0.1) is 5.92 Å². The minimum Gasteiger partial charge on any atom is -0.452 e. The van der Waals surface area contributed by atoms with Crippen molar-refractivity contribution in [3.8, 4) is 0 Å². The van der Waals surface area contributed by atoms with Gasteiger partial charge in [0.2, 0.25) is 5.91 Å². The third-order valence-corrected chi connectivity index (χ3v) is 4.14. The maximum atomic E-state index is 12.6. The van der Waals surface area contributed by atoms with E-state index in [0.29, 0.717) is 19.4 Å². The van der Waals surface area contributed by atoms with E-state index in [4.69, 9.17) is 10.5 Å². The van der Waals surface area contributed by atoms with E-state index in [-0.39, 0.29) is 12.1 Å². The average Bonchev–Trinajstić information content (AvgIpc) is 2.64. The molecule has 2 amide bonds. The molecule has 2 rings (SSSR count). The minimum absolute atomic E-state index is 0.174. The second-order valence-electron chi connectivity index (χ2n) is 6.15. The van der Waals surface area contributed by atoms with Crippen LogP contribution in [0.5, 0.6) is 0 Å². The minimum atomic E-state index is -4.48. The van der Waals surface area contributed by atoms with Crippen LogP contribution in [0.15, 0.2) is 30.3 Å². The zero-order chi connectivity index (χ0) is 20.0. The largest absolute Gasteiger partial charge is 0.452 e. The molecule has 0 aliphatic carbocycles. The predicted molar refractivity (Wildman–Crippen MR) is 89.9 cm³/mol. The first-order chi connectivity index (χ1) is 12.7. The van der Waals surface area contributed by atoms with Crippen molar-refractivity contribution in [2.45, 2.75) is 19.0 Å². The molecule has 1 saturated heterocycles. The highest BCUT2D eigenvalue weighted by molar-refractivity contribution is 5.89. The van der Waals surface area contributed by atoms with Crippen molar-refractivity contribution in [2.75, 3.05) is 19.7 Å². The number of hydrogen-bond acceptors (Lipinski definition) is 4. The molecule has 1 aliphatic heterocycles. The van der Waals surface area contributed by atoms with E-state index in [0.717, 1.165) is 18.2 Å². The first-order valence-corrected chi connectivity index (χ1v) is 8.26. The molecular formula is C18H19F3N2O4. The lowest BCUT2D eigenvalue weighted by Crippen LogP contribution is -2.45. The summed E-state index contributed by atoms with van der Waals surface area (Å²) in [5, 5.41) is 0. The number of likely N-dealkylation sites (tertiary alicyclic amines) is 1. The van der Waals surface area contributed by atoms with E-state index in [1.165, 1.54) is 23.1 Å². The number of carbonyl (C=O) groups is 3. The van der Waals surface area contributed by atoms with E-state index in [2.05, 4.69) is 0 Å². The van der Waals surface area contributed by atoms with Gasteiger partial charge in [-0.05, 0) is 36.6 Å². The zero-order valence-electron chi connectivity index (χ0n) is 14.4. The number of nitrogens with zero attached hydrogens (tertiary/aromatic N) is 1. The number of esters is 1. The molecule has 1 aromatic rings. The highest BCUT2D eigenvalue weighted by Crippen LogP contribution is 2.29. The fourth-order valence-electron chi connectivity index (χ4n) is 2.69. The molecule has 1 heterocycles. The second-order valence-corrected chi connectivity index (χ2v) is 6.15. The molecule has 0 saturated carbocycles. The Labute approximate surface area is 153 Å². The molecule has 9 heteroatoms. The number of halogens is 3. The van der Waals surface area contributed by atoms with Gasteiger partial charge in [-0.3, -0.25) is 9.59 Å². The molecule has 2 N–H and O–H groups in total. The molecule has 146 valence electrons. The van der Waals surface area contributed by atoms with Crippen molar-refractivity contribution in [1.29, 1.82) is 0 Å². The number of ether oxygens (including phenoxy) is 1. The molecule has 1 atom stereocenters. The van der Waals surface area contributed by atoms with Crippen LogP contribution in [0.2, 0.25) is 0 Å². The molecule has 0 spiro atoms. The van der Waals surface area contributed by atoms with E-state index < -0.39 is 42.0 Å². The van der Waals surface area contributed by atoms with Crippen LogP contribution in [-0.4, -0.2) is 42.4 Å². The van der Waals surface area contributed by atoms with Gasteiger partial charge in [0.1, 0.15) is 0 Å². The Balaban J connectivity index is 1.86. The number of benzene rings is 1. The summed E-state index contributed by atoms with van der Waals surface area (Å²) in [4.78, 5) is 36.3. The van der Waals surface area contributed by atoms with Crippen molar-refractivity contribution < 1.29 is 32.3 Å².